The van der Waals surface area contributed by atoms with Crippen LogP contribution in [0.3, 0.4) is 0 Å². The topological polar surface area (TPSA) is 59.8 Å². The lowest BCUT2D eigenvalue weighted by atomic mass is 10.1. The van der Waals surface area contributed by atoms with Gasteiger partial charge in [0, 0.05) is 28.6 Å². The van der Waals surface area contributed by atoms with Crippen LogP contribution in [0, 0.1) is 27.7 Å². The molecule has 0 aliphatic rings. The van der Waals surface area contributed by atoms with Gasteiger partial charge in [-0.15, -0.1) is 21.5 Å². The standard InChI is InChI=1S/C19H22N4OS2/c1-11-6-7-15(8-12(11)2)20-17(24)10-26-19-22-21-18(23(19)5)16-9-25-14(4)13(16)3/h6-9H,10H2,1-5H3,(H,20,24). The maximum Gasteiger partial charge on any atom is 0.234 e. The van der Waals surface area contributed by atoms with Crippen molar-refractivity contribution in [2.24, 2.45) is 7.05 Å². The van der Waals surface area contributed by atoms with Crippen molar-refractivity contribution in [3.8, 4) is 11.4 Å². The molecule has 7 heteroatoms. The van der Waals surface area contributed by atoms with Crippen LogP contribution in [0.25, 0.3) is 11.4 Å². The Balaban J connectivity index is 1.65. The van der Waals surface area contributed by atoms with Crippen LogP contribution in [-0.4, -0.2) is 26.4 Å². The number of carbonyl (C=O) groups excluding carboxylic acids is 1. The summed E-state index contributed by atoms with van der Waals surface area (Å²) in [7, 11) is 1.94. The molecule has 0 bridgehead atoms. The Morgan fingerprint density at radius 2 is 1.96 bits per heavy atom. The summed E-state index contributed by atoms with van der Waals surface area (Å²) in [5.74, 6) is 1.08. The highest BCUT2D eigenvalue weighted by Crippen LogP contribution is 2.30. The molecule has 1 amide bonds. The van der Waals surface area contributed by atoms with Crippen LogP contribution in [0.1, 0.15) is 21.6 Å². The van der Waals surface area contributed by atoms with E-state index in [-0.39, 0.29) is 5.91 Å². The van der Waals surface area contributed by atoms with Crippen LogP contribution in [-0.2, 0) is 11.8 Å². The van der Waals surface area contributed by atoms with Crippen LogP contribution < -0.4 is 5.32 Å². The zero-order valence-electron chi connectivity index (χ0n) is 15.6. The van der Waals surface area contributed by atoms with E-state index in [4.69, 9.17) is 0 Å². The number of hydrogen-bond acceptors (Lipinski definition) is 5. The first-order valence-corrected chi connectivity index (χ1v) is 10.2. The van der Waals surface area contributed by atoms with E-state index >= 15 is 0 Å². The summed E-state index contributed by atoms with van der Waals surface area (Å²) in [6, 6.07) is 5.92. The highest BCUT2D eigenvalue weighted by molar-refractivity contribution is 7.99. The number of benzene rings is 1. The van der Waals surface area contributed by atoms with E-state index in [0.717, 1.165) is 27.8 Å². The Labute approximate surface area is 161 Å². The first-order chi connectivity index (χ1) is 12.4. The van der Waals surface area contributed by atoms with Gasteiger partial charge >= 0.3 is 0 Å². The molecule has 0 saturated carbocycles. The molecular formula is C19H22N4OS2. The summed E-state index contributed by atoms with van der Waals surface area (Å²) < 4.78 is 1.95. The third kappa shape index (κ3) is 3.83. The summed E-state index contributed by atoms with van der Waals surface area (Å²) in [5, 5.41) is 14.3. The molecule has 0 radical (unpaired) electrons. The average Bonchev–Trinajstić information content (AvgIpc) is 3.12. The van der Waals surface area contributed by atoms with E-state index in [2.05, 4.69) is 41.7 Å². The van der Waals surface area contributed by atoms with Gasteiger partial charge < -0.3 is 9.88 Å². The number of anilines is 1. The lowest BCUT2D eigenvalue weighted by molar-refractivity contribution is -0.113. The summed E-state index contributed by atoms with van der Waals surface area (Å²) in [6.07, 6.45) is 0. The van der Waals surface area contributed by atoms with Crippen LogP contribution in [0.5, 0.6) is 0 Å². The number of amides is 1. The van der Waals surface area contributed by atoms with Gasteiger partial charge in [0.05, 0.1) is 5.75 Å². The fraction of sp³-hybridized carbons (Fsp3) is 0.316. The molecule has 0 unspecified atom stereocenters. The highest BCUT2D eigenvalue weighted by atomic mass is 32.2. The molecule has 0 spiro atoms. The van der Waals surface area contributed by atoms with E-state index in [9.17, 15) is 4.79 Å². The van der Waals surface area contributed by atoms with Crippen LogP contribution in [0.4, 0.5) is 5.69 Å². The number of aromatic nitrogens is 3. The monoisotopic (exact) mass is 386 g/mol. The zero-order valence-corrected chi connectivity index (χ0v) is 17.2. The van der Waals surface area contributed by atoms with E-state index in [1.807, 2.05) is 36.7 Å². The Hall–Kier alpha value is -2.12. The molecule has 1 aromatic carbocycles. The van der Waals surface area contributed by atoms with E-state index in [1.165, 1.54) is 27.8 Å². The van der Waals surface area contributed by atoms with Crippen molar-refractivity contribution in [3.63, 3.8) is 0 Å². The third-order valence-electron chi connectivity index (χ3n) is 4.48. The lowest BCUT2D eigenvalue weighted by Crippen LogP contribution is -2.14. The molecule has 26 heavy (non-hydrogen) atoms. The Kier molecular flexibility index (Phi) is 5.48. The first kappa shape index (κ1) is 18.7. The van der Waals surface area contributed by atoms with Gasteiger partial charge in [-0.3, -0.25) is 4.79 Å². The molecule has 0 atom stereocenters. The number of thioether (sulfide) groups is 1. The number of carbonyl (C=O) groups is 1. The quantitative estimate of drug-likeness (QED) is 0.656. The number of nitrogens with zero attached hydrogens (tertiary/aromatic N) is 3. The predicted octanol–water partition coefficient (Wildman–Crippen LogP) is 4.51. The van der Waals surface area contributed by atoms with Gasteiger partial charge in [-0.25, -0.2) is 0 Å². The van der Waals surface area contributed by atoms with Crippen molar-refractivity contribution in [1.29, 1.82) is 0 Å². The van der Waals surface area contributed by atoms with Gasteiger partial charge in [0.25, 0.3) is 0 Å². The zero-order chi connectivity index (χ0) is 18.8. The van der Waals surface area contributed by atoms with Gasteiger partial charge in [-0.05, 0) is 56.5 Å². The third-order valence-corrected chi connectivity index (χ3v) is 6.52. The second-order valence-electron chi connectivity index (χ2n) is 6.33. The number of hydrogen-bond donors (Lipinski definition) is 1. The first-order valence-electron chi connectivity index (χ1n) is 8.31. The van der Waals surface area contributed by atoms with E-state index < -0.39 is 0 Å². The number of rotatable bonds is 5. The molecule has 0 fully saturated rings. The van der Waals surface area contributed by atoms with Gasteiger partial charge in [0.1, 0.15) is 0 Å². The minimum Gasteiger partial charge on any atom is -0.325 e. The molecule has 1 N–H and O–H groups in total. The molecule has 2 aromatic heterocycles. The summed E-state index contributed by atoms with van der Waals surface area (Å²) in [6.45, 7) is 8.29. The summed E-state index contributed by atoms with van der Waals surface area (Å²) in [5.41, 5.74) is 5.53. The molecule has 0 saturated heterocycles. The molecule has 2 heterocycles. The molecule has 136 valence electrons. The van der Waals surface area contributed by atoms with Crippen LogP contribution in [0.2, 0.25) is 0 Å². The molecule has 0 aliphatic carbocycles. The SMILES string of the molecule is Cc1ccc(NC(=O)CSc2nnc(-c3csc(C)c3C)n2C)cc1C. The minimum absolute atomic E-state index is 0.0506. The molecule has 3 rings (SSSR count). The normalized spacial score (nSPS) is 11.0. The minimum atomic E-state index is -0.0506. The number of thiophene rings is 1. The van der Waals surface area contributed by atoms with Crippen molar-refractivity contribution < 1.29 is 4.79 Å². The van der Waals surface area contributed by atoms with E-state index in [0.29, 0.717) is 5.75 Å². The Bertz CT molecular complexity index is 959. The Morgan fingerprint density at radius 3 is 2.62 bits per heavy atom. The van der Waals surface area contributed by atoms with Crippen molar-refractivity contribution in [2.75, 3.05) is 11.1 Å². The van der Waals surface area contributed by atoms with E-state index in [1.54, 1.807) is 11.3 Å². The maximum absolute atomic E-state index is 12.2. The van der Waals surface area contributed by atoms with Gasteiger partial charge in [-0.1, -0.05) is 17.8 Å². The number of aryl methyl sites for hydroxylation is 3. The highest BCUT2D eigenvalue weighted by Gasteiger charge is 2.16. The molecule has 0 aliphatic heterocycles. The van der Waals surface area contributed by atoms with Crippen molar-refractivity contribution in [3.05, 3.63) is 45.1 Å². The molecular weight excluding hydrogens is 364 g/mol. The van der Waals surface area contributed by atoms with Crippen molar-refractivity contribution in [2.45, 2.75) is 32.9 Å². The van der Waals surface area contributed by atoms with Gasteiger partial charge in [0.15, 0.2) is 11.0 Å². The van der Waals surface area contributed by atoms with Gasteiger partial charge in [0.2, 0.25) is 5.91 Å². The van der Waals surface area contributed by atoms with Crippen molar-refractivity contribution >= 4 is 34.7 Å². The van der Waals surface area contributed by atoms with Crippen LogP contribution >= 0.6 is 23.1 Å². The molecule has 3 aromatic rings. The second kappa shape index (κ2) is 7.63. The largest absolute Gasteiger partial charge is 0.325 e. The predicted molar refractivity (Wildman–Crippen MR) is 109 cm³/mol. The number of nitrogens with one attached hydrogen (secondary N) is 1. The summed E-state index contributed by atoms with van der Waals surface area (Å²) in [4.78, 5) is 13.5. The smallest absolute Gasteiger partial charge is 0.234 e. The average molecular weight is 387 g/mol. The fourth-order valence-electron chi connectivity index (χ4n) is 2.56. The maximum atomic E-state index is 12.2. The summed E-state index contributed by atoms with van der Waals surface area (Å²) >= 11 is 3.10. The van der Waals surface area contributed by atoms with Crippen LogP contribution in [0.15, 0.2) is 28.7 Å². The lowest BCUT2D eigenvalue weighted by Gasteiger charge is -2.07. The second-order valence-corrected chi connectivity index (χ2v) is 8.36. The van der Waals surface area contributed by atoms with Gasteiger partial charge in [-0.2, -0.15) is 0 Å². The molecule has 5 nitrogen and oxygen atoms in total. The Morgan fingerprint density at radius 1 is 1.19 bits per heavy atom. The van der Waals surface area contributed by atoms with Crippen molar-refractivity contribution in [1.82, 2.24) is 14.8 Å². The fourth-order valence-corrected chi connectivity index (χ4v) is 4.13.